The van der Waals surface area contributed by atoms with Crippen LogP contribution in [0.25, 0.3) is 10.6 Å². The van der Waals surface area contributed by atoms with E-state index in [0.717, 1.165) is 32.9 Å². The van der Waals surface area contributed by atoms with Gasteiger partial charge < -0.3 is 10.6 Å². The Bertz CT molecular complexity index is 1000. The third-order valence-corrected chi connectivity index (χ3v) is 5.58. The molecule has 2 amide bonds. The molecule has 144 valence electrons. The number of amides is 2. The molecule has 2 N–H and O–H groups in total. The summed E-state index contributed by atoms with van der Waals surface area (Å²) in [5, 5.41) is 6.38. The number of anilines is 1. The minimum Gasteiger partial charge on any atom is -0.342 e. The van der Waals surface area contributed by atoms with Crippen molar-refractivity contribution < 1.29 is 9.59 Å². The minimum atomic E-state index is -0.287. The van der Waals surface area contributed by atoms with Gasteiger partial charge in [0.15, 0.2) is 0 Å². The van der Waals surface area contributed by atoms with Crippen LogP contribution < -0.4 is 10.6 Å². The Labute approximate surface area is 168 Å². The first-order chi connectivity index (χ1) is 13.3. The number of benzene rings is 2. The maximum absolute atomic E-state index is 12.5. The van der Waals surface area contributed by atoms with Crippen molar-refractivity contribution in [3.63, 3.8) is 0 Å². The van der Waals surface area contributed by atoms with E-state index in [0.29, 0.717) is 10.6 Å². The normalized spacial score (nSPS) is 10.6. The summed E-state index contributed by atoms with van der Waals surface area (Å²) in [7, 11) is 0. The number of rotatable bonds is 5. The summed E-state index contributed by atoms with van der Waals surface area (Å²) in [5.41, 5.74) is 5.58. The lowest BCUT2D eigenvalue weighted by atomic mass is 10.1. The lowest BCUT2D eigenvalue weighted by molar-refractivity contribution is -0.115. The predicted octanol–water partition coefficient (Wildman–Crippen LogP) is 4.41. The summed E-state index contributed by atoms with van der Waals surface area (Å²) in [6.07, 6.45) is 0. The fraction of sp³-hybridized carbons (Fsp3) is 0.227. The van der Waals surface area contributed by atoms with Gasteiger partial charge in [-0.3, -0.25) is 9.59 Å². The van der Waals surface area contributed by atoms with Crippen molar-refractivity contribution >= 4 is 28.8 Å². The van der Waals surface area contributed by atoms with Gasteiger partial charge in [0, 0.05) is 11.3 Å². The summed E-state index contributed by atoms with van der Waals surface area (Å²) in [5.74, 6) is -0.543. The lowest BCUT2D eigenvalue weighted by Crippen LogP contribution is -2.33. The fourth-order valence-electron chi connectivity index (χ4n) is 3.11. The molecule has 5 nitrogen and oxygen atoms in total. The van der Waals surface area contributed by atoms with Crippen molar-refractivity contribution in [2.45, 2.75) is 27.7 Å². The van der Waals surface area contributed by atoms with Gasteiger partial charge in [-0.15, -0.1) is 11.3 Å². The van der Waals surface area contributed by atoms with Gasteiger partial charge in [0.2, 0.25) is 5.91 Å². The molecule has 6 heteroatoms. The van der Waals surface area contributed by atoms with Crippen molar-refractivity contribution in [3.05, 3.63) is 69.7 Å². The third-order valence-electron chi connectivity index (χ3n) is 4.37. The minimum absolute atomic E-state index is 0.0937. The van der Waals surface area contributed by atoms with Gasteiger partial charge in [-0.05, 0) is 38.8 Å². The van der Waals surface area contributed by atoms with Crippen LogP contribution in [0.1, 0.15) is 32.1 Å². The number of nitrogens with zero attached hydrogens (tertiary/aromatic N) is 1. The van der Waals surface area contributed by atoms with E-state index >= 15 is 0 Å². The first-order valence-corrected chi connectivity index (χ1v) is 9.85. The van der Waals surface area contributed by atoms with Crippen molar-refractivity contribution in [2.24, 2.45) is 0 Å². The van der Waals surface area contributed by atoms with E-state index in [1.807, 2.05) is 63.2 Å². The number of carbonyl (C=O) groups is 2. The lowest BCUT2D eigenvalue weighted by Gasteiger charge is -2.13. The monoisotopic (exact) mass is 393 g/mol. The number of hydrogen-bond acceptors (Lipinski definition) is 4. The molecule has 28 heavy (non-hydrogen) atoms. The van der Waals surface area contributed by atoms with E-state index in [1.54, 1.807) is 6.92 Å². The average Bonchev–Trinajstić information content (AvgIpc) is 3.05. The van der Waals surface area contributed by atoms with E-state index in [2.05, 4.69) is 15.6 Å². The molecule has 0 radical (unpaired) electrons. The first-order valence-electron chi connectivity index (χ1n) is 9.04. The number of aromatic nitrogens is 1. The van der Waals surface area contributed by atoms with Gasteiger partial charge in [-0.1, -0.05) is 48.0 Å². The average molecular weight is 394 g/mol. The van der Waals surface area contributed by atoms with Gasteiger partial charge in [-0.25, -0.2) is 4.98 Å². The highest BCUT2D eigenvalue weighted by molar-refractivity contribution is 7.17. The Morgan fingerprint density at radius 2 is 1.64 bits per heavy atom. The Hall–Kier alpha value is -2.99. The fourth-order valence-corrected chi connectivity index (χ4v) is 4.10. The molecule has 2 aromatic carbocycles. The molecule has 3 aromatic rings. The highest BCUT2D eigenvalue weighted by Gasteiger charge is 2.17. The predicted molar refractivity (Wildman–Crippen MR) is 114 cm³/mol. The molecule has 3 rings (SSSR count). The van der Waals surface area contributed by atoms with Crippen molar-refractivity contribution in [1.29, 1.82) is 0 Å². The first kappa shape index (κ1) is 19.8. The molecule has 1 heterocycles. The number of hydrogen-bond donors (Lipinski definition) is 2. The van der Waals surface area contributed by atoms with Gasteiger partial charge >= 0.3 is 0 Å². The van der Waals surface area contributed by atoms with Gasteiger partial charge in [-0.2, -0.15) is 0 Å². The Balaban J connectivity index is 1.65. The van der Waals surface area contributed by atoms with Gasteiger partial charge in [0.25, 0.3) is 5.91 Å². The smallest absolute Gasteiger partial charge is 0.263 e. The Kier molecular flexibility index (Phi) is 5.90. The topological polar surface area (TPSA) is 71.1 Å². The highest BCUT2D eigenvalue weighted by atomic mass is 32.1. The van der Waals surface area contributed by atoms with E-state index in [9.17, 15) is 9.59 Å². The zero-order valence-corrected chi connectivity index (χ0v) is 17.2. The second kappa shape index (κ2) is 8.35. The van der Waals surface area contributed by atoms with Gasteiger partial charge in [0.05, 0.1) is 12.2 Å². The summed E-state index contributed by atoms with van der Waals surface area (Å²) in [6.45, 7) is 7.65. The molecule has 0 fully saturated rings. The number of carbonyl (C=O) groups excluding carboxylic acids is 2. The van der Waals surface area contributed by atoms with Crippen molar-refractivity contribution in [2.75, 3.05) is 11.9 Å². The zero-order valence-electron chi connectivity index (χ0n) is 16.4. The molecular formula is C22H23N3O2S. The summed E-state index contributed by atoms with van der Waals surface area (Å²) in [6, 6.07) is 13.8. The van der Waals surface area contributed by atoms with Crippen LogP contribution in [0.4, 0.5) is 5.69 Å². The molecule has 0 atom stereocenters. The second-order valence-electron chi connectivity index (χ2n) is 6.80. The summed E-state index contributed by atoms with van der Waals surface area (Å²) >= 11 is 1.33. The largest absolute Gasteiger partial charge is 0.342 e. The summed E-state index contributed by atoms with van der Waals surface area (Å²) in [4.78, 5) is 29.8. The summed E-state index contributed by atoms with van der Waals surface area (Å²) < 4.78 is 0. The van der Waals surface area contributed by atoms with Crippen molar-refractivity contribution in [1.82, 2.24) is 10.3 Å². The molecule has 0 saturated carbocycles. The molecular weight excluding hydrogens is 370 g/mol. The van der Waals surface area contributed by atoms with E-state index in [1.165, 1.54) is 11.3 Å². The SMILES string of the molecule is Cc1cc(C)c(NC(=O)CNC(=O)c2sc(-c3ccccc3)nc2C)c(C)c1. The van der Waals surface area contributed by atoms with Gasteiger partial charge in [0.1, 0.15) is 9.88 Å². The van der Waals surface area contributed by atoms with E-state index in [4.69, 9.17) is 0 Å². The Morgan fingerprint density at radius 1 is 1.00 bits per heavy atom. The molecule has 0 aliphatic rings. The zero-order chi connectivity index (χ0) is 20.3. The quantitative estimate of drug-likeness (QED) is 0.674. The van der Waals surface area contributed by atoms with Crippen LogP contribution in [0.2, 0.25) is 0 Å². The maximum atomic E-state index is 12.5. The molecule has 0 saturated heterocycles. The number of thiazole rings is 1. The second-order valence-corrected chi connectivity index (χ2v) is 7.80. The maximum Gasteiger partial charge on any atom is 0.263 e. The molecule has 0 bridgehead atoms. The molecule has 0 unspecified atom stereocenters. The standard InChI is InChI=1S/C22H23N3O2S/c1-13-10-14(2)19(15(3)11-13)25-18(26)12-23-21(27)20-16(4)24-22(28-20)17-8-6-5-7-9-17/h5-11H,12H2,1-4H3,(H,23,27)(H,25,26). The van der Waals surface area contributed by atoms with Crippen LogP contribution in [0, 0.1) is 27.7 Å². The van der Waals surface area contributed by atoms with Crippen LogP contribution in [0.15, 0.2) is 42.5 Å². The van der Waals surface area contributed by atoms with Crippen LogP contribution in [-0.2, 0) is 4.79 Å². The third kappa shape index (κ3) is 4.46. The van der Waals surface area contributed by atoms with Crippen molar-refractivity contribution in [3.8, 4) is 10.6 Å². The van der Waals surface area contributed by atoms with E-state index in [-0.39, 0.29) is 18.4 Å². The van der Waals surface area contributed by atoms with Crippen LogP contribution in [-0.4, -0.2) is 23.3 Å². The highest BCUT2D eigenvalue weighted by Crippen LogP contribution is 2.27. The number of nitrogens with one attached hydrogen (secondary N) is 2. The molecule has 0 aliphatic carbocycles. The van der Waals surface area contributed by atoms with E-state index < -0.39 is 0 Å². The molecule has 0 aliphatic heterocycles. The Morgan fingerprint density at radius 3 is 2.29 bits per heavy atom. The van der Waals surface area contributed by atoms with Crippen LogP contribution >= 0.6 is 11.3 Å². The molecule has 1 aromatic heterocycles. The molecule has 0 spiro atoms. The van der Waals surface area contributed by atoms with Crippen LogP contribution in [0.3, 0.4) is 0 Å². The number of aryl methyl sites for hydroxylation is 4. The van der Waals surface area contributed by atoms with Crippen LogP contribution in [0.5, 0.6) is 0 Å².